The molecule has 1 fully saturated rings. The molecule has 2 rings (SSSR count). The van der Waals surface area contributed by atoms with Crippen LogP contribution in [-0.4, -0.2) is 47.7 Å². The van der Waals surface area contributed by atoms with Crippen LogP contribution in [0.5, 0.6) is 0 Å². The second-order valence-electron chi connectivity index (χ2n) is 4.52. The van der Waals surface area contributed by atoms with E-state index < -0.39 is 12.1 Å². The predicted molar refractivity (Wildman–Crippen MR) is 66.1 cm³/mol. The Hall–Kier alpha value is -1.82. The van der Waals surface area contributed by atoms with Crippen LogP contribution in [0, 0.1) is 6.92 Å². The van der Waals surface area contributed by atoms with Crippen molar-refractivity contribution in [1.29, 1.82) is 0 Å². The zero-order valence-corrected chi connectivity index (χ0v) is 11.0. The van der Waals surface area contributed by atoms with Gasteiger partial charge in [-0.25, -0.2) is 4.79 Å². The number of ether oxygens (including phenoxy) is 1. The molecule has 0 aliphatic carbocycles. The number of carboxylic acid groups (broad SMARTS) is 1. The average Bonchev–Trinajstić information content (AvgIpc) is 2.79. The normalized spacial score (nSPS) is 19.5. The van der Waals surface area contributed by atoms with E-state index in [1.54, 1.807) is 6.07 Å². The number of morpholine rings is 1. The van der Waals surface area contributed by atoms with Crippen molar-refractivity contribution >= 4 is 11.9 Å². The highest BCUT2D eigenvalue weighted by Gasteiger charge is 2.30. The van der Waals surface area contributed by atoms with Gasteiger partial charge in [0.2, 0.25) is 0 Å². The van der Waals surface area contributed by atoms with Crippen molar-refractivity contribution in [3.8, 4) is 0 Å². The topological polar surface area (TPSA) is 80.0 Å². The van der Waals surface area contributed by atoms with E-state index in [0.29, 0.717) is 6.54 Å². The van der Waals surface area contributed by atoms with Crippen LogP contribution in [0.3, 0.4) is 0 Å². The molecule has 1 aliphatic rings. The van der Waals surface area contributed by atoms with Crippen molar-refractivity contribution in [3.05, 3.63) is 23.2 Å². The molecule has 0 spiro atoms. The van der Waals surface area contributed by atoms with Gasteiger partial charge >= 0.3 is 5.97 Å². The molecule has 0 bridgehead atoms. The molecule has 1 amide bonds. The monoisotopic (exact) mass is 267 g/mol. The standard InChI is InChI=1S/C13H17NO5/c1-3-9-8(2)6-10(19-9)12(15)14-4-5-18-11(7-14)13(16)17/h6,11H,3-5,7H2,1-2H3,(H,16,17)/t11-/m0/s1. The number of hydrogen-bond acceptors (Lipinski definition) is 4. The SMILES string of the molecule is CCc1oc(C(=O)N2CCO[C@H](C(=O)O)C2)cc1C. The molecule has 1 N–H and O–H groups in total. The fraction of sp³-hybridized carbons (Fsp3) is 0.538. The number of aliphatic carboxylic acids is 1. The van der Waals surface area contributed by atoms with Gasteiger partial charge in [0.05, 0.1) is 13.2 Å². The first-order chi connectivity index (χ1) is 9.02. The first-order valence-electron chi connectivity index (χ1n) is 6.26. The molecule has 1 aromatic heterocycles. The zero-order valence-electron chi connectivity index (χ0n) is 11.0. The van der Waals surface area contributed by atoms with Crippen LogP contribution in [0.2, 0.25) is 0 Å². The maximum absolute atomic E-state index is 12.2. The molecule has 6 heteroatoms. The summed E-state index contributed by atoms with van der Waals surface area (Å²) in [6.45, 7) is 4.50. The number of rotatable bonds is 3. The maximum Gasteiger partial charge on any atom is 0.334 e. The fourth-order valence-electron chi connectivity index (χ4n) is 2.12. The molecule has 0 saturated carbocycles. The average molecular weight is 267 g/mol. The Morgan fingerprint density at radius 2 is 2.26 bits per heavy atom. The molecule has 0 aromatic carbocycles. The third-order valence-electron chi connectivity index (χ3n) is 3.18. The van der Waals surface area contributed by atoms with Gasteiger partial charge in [-0.2, -0.15) is 0 Å². The van der Waals surface area contributed by atoms with Crippen LogP contribution >= 0.6 is 0 Å². The number of carboxylic acids is 1. The Labute approximate surface area is 110 Å². The van der Waals surface area contributed by atoms with E-state index in [4.69, 9.17) is 14.3 Å². The van der Waals surface area contributed by atoms with E-state index in [9.17, 15) is 9.59 Å². The van der Waals surface area contributed by atoms with Crippen LogP contribution in [-0.2, 0) is 16.0 Å². The molecule has 0 radical (unpaired) electrons. The van der Waals surface area contributed by atoms with Crippen molar-refractivity contribution in [2.24, 2.45) is 0 Å². The van der Waals surface area contributed by atoms with Gasteiger partial charge in [-0.1, -0.05) is 6.92 Å². The maximum atomic E-state index is 12.2. The van der Waals surface area contributed by atoms with Crippen LogP contribution < -0.4 is 0 Å². The smallest absolute Gasteiger partial charge is 0.334 e. The lowest BCUT2D eigenvalue weighted by molar-refractivity contribution is -0.154. The summed E-state index contributed by atoms with van der Waals surface area (Å²) in [5, 5.41) is 8.91. The summed E-state index contributed by atoms with van der Waals surface area (Å²) in [7, 11) is 0. The molecular formula is C13H17NO5. The van der Waals surface area contributed by atoms with Crippen molar-refractivity contribution in [2.75, 3.05) is 19.7 Å². The van der Waals surface area contributed by atoms with Crippen LogP contribution in [0.25, 0.3) is 0 Å². The highest BCUT2D eigenvalue weighted by atomic mass is 16.5. The predicted octanol–water partition coefficient (Wildman–Crippen LogP) is 1.08. The highest BCUT2D eigenvalue weighted by Crippen LogP contribution is 2.18. The van der Waals surface area contributed by atoms with E-state index >= 15 is 0 Å². The number of furan rings is 1. The minimum Gasteiger partial charge on any atom is -0.479 e. The van der Waals surface area contributed by atoms with Gasteiger partial charge in [0, 0.05) is 13.0 Å². The highest BCUT2D eigenvalue weighted by molar-refractivity contribution is 5.92. The molecule has 19 heavy (non-hydrogen) atoms. The molecule has 1 aliphatic heterocycles. The molecule has 104 valence electrons. The Balaban J connectivity index is 2.12. The molecule has 2 heterocycles. The van der Waals surface area contributed by atoms with Gasteiger partial charge in [0.15, 0.2) is 11.9 Å². The molecule has 1 aromatic rings. The minimum atomic E-state index is -1.05. The van der Waals surface area contributed by atoms with Crippen LogP contribution in [0.15, 0.2) is 10.5 Å². The second-order valence-corrected chi connectivity index (χ2v) is 4.52. The minimum absolute atomic E-state index is 0.0510. The Bertz CT molecular complexity index is 493. The van der Waals surface area contributed by atoms with Gasteiger partial charge in [-0.05, 0) is 18.6 Å². The van der Waals surface area contributed by atoms with Crippen LogP contribution in [0.4, 0.5) is 0 Å². The van der Waals surface area contributed by atoms with E-state index in [1.807, 2.05) is 13.8 Å². The van der Waals surface area contributed by atoms with E-state index in [2.05, 4.69) is 0 Å². The number of hydrogen-bond donors (Lipinski definition) is 1. The first kappa shape index (κ1) is 13.6. The summed E-state index contributed by atoms with van der Waals surface area (Å²) in [6.07, 6.45) is -0.237. The summed E-state index contributed by atoms with van der Waals surface area (Å²) >= 11 is 0. The molecule has 1 saturated heterocycles. The second kappa shape index (κ2) is 5.44. The van der Waals surface area contributed by atoms with Gasteiger partial charge in [-0.3, -0.25) is 4.79 Å². The number of carbonyl (C=O) groups is 2. The number of amides is 1. The lowest BCUT2D eigenvalue weighted by Crippen LogP contribution is -2.48. The van der Waals surface area contributed by atoms with Crippen molar-refractivity contribution in [2.45, 2.75) is 26.4 Å². The first-order valence-corrected chi connectivity index (χ1v) is 6.26. The zero-order chi connectivity index (χ0) is 14.0. The van der Waals surface area contributed by atoms with E-state index in [1.165, 1.54) is 4.90 Å². The van der Waals surface area contributed by atoms with Crippen LogP contribution in [0.1, 0.15) is 28.8 Å². The Morgan fingerprint density at radius 1 is 1.53 bits per heavy atom. The van der Waals surface area contributed by atoms with Gasteiger partial charge in [0.25, 0.3) is 5.91 Å². The number of carbonyl (C=O) groups excluding carboxylic acids is 1. The molecule has 6 nitrogen and oxygen atoms in total. The summed E-state index contributed by atoms with van der Waals surface area (Å²) in [4.78, 5) is 24.6. The van der Waals surface area contributed by atoms with Crippen molar-refractivity contribution in [1.82, 2.24) is 4.90 Å². The Morgan fingerprint density at radius 3 is 2.84 bits per heavy atom. The molecule has 0 unspecified atom stereocenters. The molecule has 1 atom stereocenters. The third kappa shape index (κ3) is 2.78. The van der Waals surface area contributed by atoms with Crippen molar-refractivity contribution < 1.29 is 23.8 Å². The summed E-state index contributed by atoms with van der Waals surface area (Å²) in [6, 6.07) is 1.70. The number of nitrogens with zero attached hydrogens (tertiary/aromatic N) is 1. The van der Waals surface area contributed by atoms with Crippen molar-refractivity contribution in [3.63, 3.8) is 0 Å². The van der Waals surface area contributed by atoms with E-state index in [-0.39, 0.29) is 24.8 Å². The van der Waals surface area contributed by atoms with Gasteiger partial charge < -0.3 is 19.2 Å². The Kier molecular flexibility index (Phi) is 3.90. The lowest BCUT2D eigenvalue weighted by atomic mass is 10.2. The lowest BCUT2D eigenvalue weighted by Gasteiger charge is -2.30. The summed E-state index contributed by atoms with van der Waals surface area (Å²) in [5.74, 6) is -0.286. The number of aryl methyl sites for hydroxylation is 2. The van der Waals surface area contributed by atoms with E-state index in [0.717, 1.165) is 17.7 Å². The quantitative estimate of drug-likeness (QED) is 0.886. The summed E-state index contributed by atoms with van der Waals surface area (Å²) in [5.41, 5.74) is 0.939. The molecular weight excluding hydrogens is 250 g/mol. The third-order valence-corrected chi connectivity index (χ3v) is 3.18. The fourth-order valence-corrected chi connectivity index (χ4v) is 2.12. The largest absolute Gasteiger partial charge is 0.479 e. The summed E-state index contributed by atoms with van der Waals surface area (Å²) < 4.78 is 10.6. The van der Waals surface area contributed by atoms with Gasteiger partial charge in [-0.15, -0.1) is 0 Å². The van der Waals surface area contributed by atoms with Gasteiger partial charge in [0.1, 0.15) is 5.76 Å².